The van der Waals surface area contributed by atoms with Gasteiger partial charge in [0.05, 0.1) is 24.7 Å². The van der Waals surface area contributed by atoms with Gasteiger partial charge in [-0.2, -0.15) is 0 Å². The standard InChI is InChI=1S/C24H24N2O6/c1-31-18-10-6-16(7-11-18)14-26(17-8-9-17)21(27)15-32-22(28)12-13-25-23(29)19-4-2-3-5-20(19)24(25)30/h2-7,10-11,17H,8-9,12-15H2,1H3. The van der Waals surface area contributed by atoms with E-state index in [9.17, 15) is 19.2 Å². The lowest BCUT2D eigenvalue weighted by atomic mass is 10.1. The lowest BCUT2D eigenvalue weighted by Gasteiger charge is -2.22. The number of amides is 3. The first kappa shape index (κ1) is 21.5. The predicted octanol–water partition coefficient (Wildman–Crippen LogP) is 2.42. The molecule has 4 rings (SSSR count). The summed E-state index contributed by atoms with van der Waals surface area (Å²) < 4.78 is 10.3. The van der Waals surface area contributed by atoms with Crippen LogP contribution in [-0.2, 0) is 20.9 Å². The van der Waals surface area contributed by atoms with Crippen molar-refractivity contribution < 1.29 is 28.7 Å². The summed E-state index contributed by atoms with van der Waals surface area (Å²) in [5.74, 6) is -1.000. The monoisotopic (exact) mass is 436 g/mol. The zero-order valence-electron chi connectivity index (χ0n) is 17.8. The third kappa shape index (κ3) is 4.64. The fourth-order valence-electron chi connectivity index (χ4n) is 3.68. The van der Waals surface area contributed by atoms with Crippen LogP contribution in [0.25, 0.3) is 0 Å². The molecule has 166 valence electrons. The highest BCUT2D eigenvalue weighted by molar-refractivity contribution is 6.21. The van der Waals surface area contributed by atoms with Gasteiger partial charge in [0.25, 0.3) is 17.7 Å². The highest BCUT2D eigenvalue weighted by Gasteiger charge is 2.35. The maximum absolute atomic E-state index is 12.7. The third-order valence-electron chi connectivity index (χ3n) is 5.59. The number of methoxy groups -OCH3 is 1. The van der Waals surface area contributed by atoms with E-state index in [0.717, 1.165) is 29.1 Å². The molecule has 2 aromatic carbocycles. The van der Waals surface area contributed by atoms with Crippen molar-refractivity contribution in [2.24, 2.45) is 0 Å². The molecule has 2 aromatic rings. The van der Waals surface area contributed by atoms with Gasteiger partial charge in [-0.3, -0.25) is 24.1 Å². The maximum atomic E-state index is 12.7. The van der Waals surface area contributed by atoms with Crippen molar-refractivity contribution in [2.45, 2.75) is 31.8 Å². The quantitative estimate of drug-likeness (QED) is 0.443. The van der Waals surface area contributed by atoms with Gasteiger partial charge in [0, 0.05) is 19.1 Å². The molecule has 1 aliphatic heterocycles. The Kier molecular flexibility index (Phi) is 6.20. The van der Waals surface area contributed by atoms with E-state index in [1.165, 1.54) is 0 Å². The van der Waals surface area contributed by atoms with Crippen LogP contribution in [0.3, 0.4) is 0 Å². The van der Waals surface area contributed by atoms with E-state index in [0.29, 0.717) is 17.7 Å². The van der Waals surface area contributed by atoms with E-state index in [4.69, 9.17) is 9.47 Å². The Labute approximate surface area is 185 Å². The van der Waals surface area contributed by atoms with Crippen LogP contribution < -0.4 is 4.74 Å². The van der Waals surface area contributed by atoms with Crippen molar-refractivity contribution in [2.75, 3.05) is 20.3 Å². The Morgan fingerprint density at radius 2 is 1.62 bits per heavy atom. The molecule has 32 heavy (non-hydrogen) atoms. The first-order valence-corrected chi connectivity index (χ1v) is 10.5. The van der Waals surface area contributed by atoms with Gasteiger partial charge in [-0.05, 0) is 42.7 Å². The van der Waals surface area contributed by atoms with Gasteiger partial charge >= 0.3 is 5.97 Å². The zero-order chi connectivity index (χ0) is 22.7. The average Bonchev–Trinajstić information content (AvgIpc) is 3.63. The smallest absolute Gasteiger partial charge is 0.308 e. The molecule has 0 saturated heterocycles. The highest BCUT2D eigenvalue weighted by atomic mass is 16.5. The van der Waals surface area contributed by atoms with E-state index in [1.54, 1.807) is 36.3 Å². The normalized spacial score (nSPS) is 14.8. The van der Waals surface area contributed by atoms with Crippen LogP contribution in [0.2, 0.25) is 0 Å². The minimum atomic E-state index is -0.630. The molecule has 8 nitrogen and oxygen atoms in total. The summed E-state index contributed by atoms with van der Waals surface area (Å²) >= 11 is 0. The van der Waals surface area contributed by atoms with E-state index in [2.05, 4.69) is 0 Å². The number of benzene rings is 2. The summed E-state index contributed by atoms with van der Waals surface area (Å²) in [6.07, 6.45) is 1.69. The number of hydrogen-bond acceptors (Lipinski definition) is 6. The minimum Gasteiger partial charge on any atom is -0.497 e. The second-order valence-electron chi connectivity index (χ2n) is 7.82. The molecule has 0 N–H and O–H groups in total. The molecule has 1 saturated carbocycles. The van der Waals surface area contributed by atoms with Gasteiger partial charge in [-0.15, -0.1) is 0 Å². The van der Waals surface area contributed by atoms with Crippen LogP contribution >= 0.6 is 0 Å². The lowest BCUT2D eigenvalue weighted by molar-refractivity contribution is -0.152. The Bertz CT molecular complexity index is 1010. The van der Waals surface area contributed by atoms with Crippen molar-refractivity contribution in [1.82, 2.24) is 9.80 Å². The van der Waals surface area contributed by atoms with Gasteiger partial charge < -0.3 is 14.4 Å². The molecule has 1 aliphatic carbocycles. The number of fused-ring (bicyclic) bond motifs is 1. The summed E-state index contributed by atoms with van der Waals surface area (Å²) in [4.78, 5) is 52.3. The highest BCUT2D eigenvalue weighted by Crippen LogP contribution is 2.29. The van der Waals surface area contributed by atoms with Crippen molar-refractivity contribution in [3.8, 4) is 5.75 Å². The second kappa shape index (κ2) is 9.21. The molecule has 8 heteroatoms. The number of imide groups is 1. The predicted molar refractivity (Wildman–Crippen MR) is 114 cm³/mol. The number of nitrogens with zero attached hydrogens (tertiary/aromatic N) is 2. The molecule has 1 fully saturated rings. The molecule has 0 atom stereocenters. The van der Waals surface area contributed by atoms with Crippen molar-refractivity contribution >= 4 is 23.7 Å². The summed E-state index contributed by atoms with van der Waals surface area (Å²) in [6.45, 7) is -0.0226. The first-order chi connectivity index (χ1) is 15.5. The van der Waals surface area contributed by atoms with Gasteiger partial charge in [0.15, 0.2) is 6.61 Å². The SMILES string of the molecule is COc1ccc(CN(C(=O)COC(=O)CCN2C(=O)c3ccccc3C2=O)C2CC2)cc1. The zero-order valence-corrected chi connectivity index (χ0v) is 17.8. The Morgan fingerprint density at radius 1 is 1.00 bits per heavy atom. The minimum absolute atomic E-state index is 0.0858. The Morgan fingerprint density at radius 3 is 2.19 bits per heavy atom. The Hall–Kier alpha value is -3.68. The van der Waals surface area contributed by atoms with Gasteiger partial charge in [0.1, 0.15) is 5.75 Å². The molecule has 0 radical (unpaired) electrons. The fourth-order valence-corrected chi connectivity index (χ4v) is 3.68. The largest absolute Gasteiger partial charge is 0.497 e. The van der Waals surface area contributed by atoms with Crippen LogP contribution in [0.1, 0.15) is 45.5 Å². The summed E-state index contributed by atoms with van der Waals surface area (Å²) in [5.41, 5.74) is 1.63. The number of hydrogen-bond donors (Lipinski definition) is 0. The second-order valence-corrected chi connectivity index (χ2v) is 7.82. The van der Waals surface area contributed by atoms with Crippen LogP contribution in [0.4, 0.5) is 0 Å². The van der Waals surface area contributed by atoms with Crippen LogP contribution in [-0.4, -0.2) is 59.8 Å². The summed E-state index contributed by atoms with van der Waals surface area (Å²) in [7, 11) is 1.59. The number of rotatable bonds is 9. The number of ether oxygens (including phenoxy) is 2. The molecular weight excluding hydrogens is 412 g/mol. The average molecular weight is 436 g/mol. The number of carbonyl (C=O) groups excluding carboxylic acids is 4. The molecule has 0 spiro atoms. The van der Waals surface area contributed by atoms with Crippen LogP contribution in [0.15, 0.2) is 48.5 Å². The molecule has 2 aliphatic rings. The van der Waals surface area contributed by atoms with Gasteiger partial charge in [-0.25, -0.2) is 0 Å². The molecule has 0 unspecified atom stereocenters. The number of esters is 1. The summed E-state index contributed by atoms with van der Waals surface area (Å²) in [5, 5.41) is 0. The van der Waals surface area contributed by atoms with E-state index >= 15 is 0 Å². The van der Waals surface area contributed by atoms with E-state index < -0.39 is 17.8 Å². The summed E-state index contributed by atoms with van der Waals surface area (Å²) in [6, 6.07) is 14.2. The molecular formula is C24H24N2O6. The van der Waals surface area contributed by atoms with Crippen molar-refractivity contribution in [1.29, 1.82) is 0 Å². The fraction of sp³-hybridized carbons (Fsp3) is 0.333. The first-order valence-electron chi connectivity index (χ1n) is 10.5. The molecule has 3 amide bonds. The van der Waals surface area contributed by atoms with E-state index in [1.807, 2.05) is 24.3 Å². The van der Waals surface area contributed by atoms with Crippen LogP contribution in [0, 0.1) is 0 Å². The number of carbonyl (C=O) groups is 4. The topological polar surface area (TPSA) is 93.2 Å². The lowest BCUT2D eigenvalue weighted by Crippen LogP contribution is -2.36. The molecule has 0 bridgehead atoms. The third-order valence-corrected chi connectivity index (χ3v) is 5.59. The van der Waals surface area contributed by atoms with Crippen LogP contribution in [0.5, 0.6) is 5.75 Å². The van der Waals surface area contributed by atoms with Gasteiger partial charge in [-0.1, -0.05) is 24.3 Å². The van der Waals surface area contributed by atoms with E-state index in [-0.39, 0.29) is 31.5 Å². The Balaban J connectivity index is 1.27. The molecule has 1 heterocycles. The van der Waals surface area contributed by atoms with Crippen molar-refractivity contribution in [3.63, 3.8) is 0 Å². The van der Waals surface area contributed by atoms with Gasteiger partial charge in [0.2, 0.25) is 0 Å². The van der Waals surface area contributed by atoms with Crippen molar-refractivity contribution in [3.05, 3.63) is 65.2 Å². The maximum Gasteiger partial charge on any atom is 0.308 e. The molecule has 0 aromatic heterocycles.